The van der Waals surface area contributed by atoms with Gasteiger partial charge in [0, 0.05) is 30.8 Å². The molecule has 3 aliphatic rings. The van der Waals surface area contributed by atoms with E-state index in [2.05, 4.69) is 27.0 Å². The normalized spacial score (nSPS) is 27.4. The van der Waals surface area contributed by atoms with Crippen molar-refractivity contribution in [2.75, 3.05) is 18.0 Å². The number of nitriles is 1. The number of hydrogen-bond acceptors (Lipinski definition) is 4. The van der Waals surface area contributed by atoms with Gasteiger partial charge >= 0.3 is 0 Å². The molecule has 0 N–H and O–H groups in total. The molecule has 1 unspecified atom stereocenters. The van der Waals surface area contributed by atoms with Gasteiger partial charge in [-0.1, -0.05) is 0 Å². The summed E-state index contributed by atoms with van der Waals surface area (Å²) in [6.45, 7) is 4.07. The van der Waals surface area contributed by atoms with Crippen molar-refractivity contribution in [3.63, 3.8) is 0 Å². The van der Waals surface area contributed by atoms with Crippen LogP contribution in [0, 0.1) is 29.6 Å². The minimum Gasteiger partial charge on any atom is -0.356 e. The highest BCUT2D eigenvalue weighted by Crippen LogP contribution is 2.59. The summed E-state index contributed by atoms with van der Waals surface area (Å²) in [4.78, 5) is 11.6. The second-order valence-electron chi connectivity index (χ2n) is 6.71. The first kappa shape index (κ1) is 12.1. The Morgan fingerprint density at radius 3 is 2.65 bits per heavy atom. The maximum atomic E-state index is 9.06. The summed E-state index contributed by atoms with van der Waals surface area (Å²) in [6, 6.07) is 4.64. The van der Waals surface area contributed by atoms with Gasteiger partial charge in [0.1, 0.15) is 11.6 Å². The zero-order valence-electron chi connectivity index (χ0n) is 12.0. The van der Waals surface area contributed by atoms with Crippen molar-refractivity contribution in [3.8, 4) is 6.07 Å². The fourth-order valence-electron chi connectivity index (χ4n) is 3.59. The van der Waals surface area contributed by atoms with Gasteiger partial charge in [0.15, 0.2) is 0 Å². The molecule has 104 valence electrons. The molecule has 1 atom stereocenters. The molecule has 4 rings (SSSR count). The Morgan fingerprint density at radius 1 is 1.30 bits per heavy atom. The lowest BCUT2D eigenvalue weighted by molar-refractivity contribution is 0.366. The van der Waals surface area contributed by atoms with Gasteiger partial charge in [-0.05, 0) is 44.4 Å². The van der Waals surface area contributed by atoms with Crippen molar-refractivity contribution in [2.24, 2.45) is 11.3 Å². The molecule has 1 spiro atoms. The maximum Gasteiger partial charge on any atom is 0.132 e. The lowest BCUT2D eigenvalue weighted by Gasteiger charge is -2.33. The Labute approximate surface area is 119 Å². The molecule has 1 aliphatic heterocycles. The van der Waals surface area contributed by atoms with Crippen molar-refractivity contribution in [2.45, 2.75) is 44.9 Å². The molecule has 4 nitrogen and oxygen atoms in total. The van der Waals surface area contributed by atoms with Crippen LogP contribution in [0.15, 0.2) is 6.07 Å². The Kier molecular flexibility index (Phi) is 2.54. The molecule has 0 bridgehead atoms. The second-order valence-corrected chi connectivity index (χ2v) is 6.71. The van der Waals surface area contributed by atoms with E-state index in [1.165, 1.54) is 18.5 Å². The molecule has 0 radical (unpaired) electrons. The van der Waals surface area contributed by atoms with Crippen LogP contribution < -0.4 is 4.90 Å². The van der Waals surface area contributed by atoms with Crippen LogP contribution in [0.3, 0.4) is 0 Å². The molecule has 0 aromatic carbocycles. The molecular formula is C16H20N4. The first-order valence-electron chi connectivity index (χ1n) is 7.70. The quantitative estimate of drug-likeness (QED) is 0.827. The summed E-state index contributed by atoms with van der Waals surface area (Å²) >= 11 is 0. The number of nitrogens with zero attached hydrogens (tertiary/aromatic N) is 4. The smallest absolute Gasteiger partial charge is 0.132 e. The number of aryl methyl sites for hydroxylation is 1. The summed E-state index contributed by atoms with van der Waals surface area (Å²) in [5, 5.41) is 9.06. The summed E-state index contributed by atoms with van der Waals surface area (Å²) in [6.07, 6.45) is 5.97. The van der Waals surface area contributed by atoms with E-state index in [0.29, 0.717) is 17.3 Å². The highest BCUT2D eigenvalue weighted by Gasteiger charge is 2.55. The van der Waals surface area contributed by atoms with Gasteiger partial charge in [0.25, 0.3) is 0 Å². The van der Waals surface area contributed by atoms with Crippen molar-refractivity contribution in [1.82, 2.24) is 9.97 Å². The minimum absolute atomic E-state index is 0.318. The highest BCUT2D eigenvalue weighted by atomic mass is 15.2. The van der Waals surface area contributed by atoms with Crippen molar-refractivity contribution in [3.05, 3.63) is 17.6 Å². The molecule has 1 aromatic rings. The van der Waals surface area contributed by atoms with Crippen LogP contribution in [-0.4, -0.2) is 23.1 Å². The van der Waals surface area contributed by atoms with E-state index >= 15 is 0 Å². The molecule has 3 fully saturated rings. The summed E-state index contributed by atoms with van der Waals surface area (Å²) in [5.74, 6) is 2.99. The van der Waals surface area contributed by atoms with Gasteiger partial charge in [-0.15, -0.1) is 0 Å². The number of anilines is 1. The van der Waals surface area contributed by atoms with Crippen LogP contribution in [0.4, 0.5) is 5.82 Å². The topological polar surface area (TPSA) is 52.8 Å². The largest absolute Gasteiger partial charge is 0.356 e. The van der Waals surface area contributed by atoms with E-state index < -0.39 is 0 Å². The van der Waals surface area contributed by atoms with Crippen LogP contribution in [0.2, 0.25) is 0 Å². The van der Waals surface area contributed by atoms with E-state index in [4.69, 9.17) is 5.26 Å². The van der Waals surface area contributed by atoms with Crippen LogP contribution in [0.25, 0.3) is 0 Å². The predicted octanol–water partition coefficient (Wildman–Crippen LogP) is 2.79. The third-order valence-corrected chi connectivity index (χ3v) is 5.27. The minimum atomic E-state index is 0.318. The third-order valence-electron chi connectivity index (χ3n) is 5.27. The first-order valence-corrected chi connectivity index (χ1v) is 7.70. The highest BCUT2D eigenvalue weighted by molar-refractivity contribution is 5.42. The Morgan fingerprint density at radius 2 is 2.05 bits per heavy atom. The first-order chi connectivity index (χ1) is 9.70. The SMILES string of the molecule is Cc1nc(C2CC2)cc(N2CCC3(CC2)CC3C#N)n1. The fraction of sp³-hybridized carbons (Fsp3) is 0.688. The fourth-order valence-corrected chi connectivity index (χ4v) is 3.59. The monoisotopic (exact) mass is 268 g/mol. The van der Waals surface area contributed by atoms with Gasteiger partial charge in [-0.3, -0.25) is 0 Å². The number of piperidine rings is 1. The average Bonchev–Trinajstić information content (AvgIpc) is 3.34. The second kappa shape index (κ2) is 4.18. The molecule has 1 aromatic heterocycles. The maximum absolute atomic E-state index is 9.06. The Hall–Kier alpha value is -1.63. The van der Waals surface area contributed by atoms with E-state index in [9.17, 15) is 0 Å². The Balaban J connectivity index is 1.50. The van der Waals surface area contributed by atoms with Crippen molar-refractivity contribution < 1.29 is 0 Å². The zero-order chi connectivity index (χ0) is 13.7. The standard InChI is InChI=1S/C16H20N4/c1-11-18-14(12-2-3-12)8-15(19-11)20-6-4-16(5-7-20)9-13(16)10-17/h8,12-13H,2-7,9H2,1H3. The van der Waals surface area contributed by atoms with Crippen molar-refractivity contribution >= 4 is 5.82 Å². The predicted molar refractivity (Wildman–Crippen MR) is 76.3 cm³/mol. The molecule has 0 amide bonds. The average molecular weight is 268 g/mol. The molecule has 2 heterocycles. The molecule has 2 saturated carbocycles. The molecule has 4 heteroatoms. The number of hydrogen-bond donors (Lipinski definition) is 0. The molecule has 2 aliphatic carbocycles. The van der Waals surface area contributed by atoms with E-state index in [1.807, 2.05) is 6.92 Å². The van der Waals surface area contributed by atoms with Crippen molar-refractivity contribution in [1.29, 1.82) is 5.26 Å². The lowest BCUT2D eigenvalue weighted by atomic mass is 9.91. The van der Waals surface area contributed by atoms with Gasteiger partial charge < -0.3 is 4.90 Å². The van der Waals surface area contributed by atoms with E-state index in [1.54, 1.807) is 0 Å². The van der Waals surface area contributed by atoms with Crippen LogP contribution >= 0.6 is 0 Å². The van der Waals surface area contributed by atoms with Crippen LogP contribution in [0.5, 0.6) is 0 Å². The summed E-state index contributed by atoms with van der Waals surface area (Å²) in [5.41, 5.74) is 1.58. The zero-order valence-corrected chi connectivity index (χ0v) is 12.0. The van der Waals surface area contributed by atoms with Gasteiger partial charge in [-0.2, -0.15) is 5.26 Å². The van der Waals surface area contributed by atoms with E-state index in [0.717, 1.165) is 44.0 Å². The van der Waals surface area contributed by atoms with Gasteiger partial charge in [0.05, 0.1) is 12.0 Å². The Bertz CT molecular complexity index is 577. The van der Waals surface area contributed by atoms with E-state index in [-0.39, 0.29) is 0 Å². The van der Waals surface area contributed by atoms with Crippen LogP contribution in [0.1, 0.15) is 49.5 Å². The van der Waals surface area contributed by atoms with Gasteiger partial charge in [0.2, 0.25) is 0 Å². The molecule has 20 heavy (non-hydrogen) atoms. The number of rotatable bonds is 2. The third kappa shape index (κ3) is 1.96. The molecule has 1 saturated heterocycles. The summed E-state index contributed by atoms with van der Waals surface area (Å²) in [7, 11) is 0. The van der Waals surface area contributed by atoms with Crippen LogP contribution in [-0.2, 0) is 0 Å². The summed E-state index contributed by atoms with van der Waals surface area (Å²) < 4.78 is 0. The molecular weight excluding hydrogens is 248 g/mol. The van der Waals surface area contributed by atoms with Gasteiger partial charge in [-0.25, -0.2) is 9.97 Å². The number of aromatic nitrogens is 2. The lowest BCUT2D eigenvalue weighted by Crippen LogP contribution is -2.35.